The normalized spacial score (nSPS) is 15.6. The minimum Gasteiger partial charge on any atom is -0.493 e. The minimum absolute atomic E-state index is 0.0712. The molecule has 32 heavy (non-hydrogen) atoms. The van der Waals surface area contributed by atoms with Gasteiger partial charge in [0, 0.05) is 35.2 Å². The summed E-state index contributed by atoms with van der Waals surface area (Å²) in [7, 11) is 1.42. The maximum atomic E-state index is 13.4. The fourth-order valence-corrected chi connectivity index (χ4v) is 3.67. The average molecular weight is 445 g/mol. The molecule has 1 aromatic heterocycles. The van der Waals surface area contributed by atoms with Crippen LogP contribution in [0.15, 0.2) is 42.6 Å². The third kappa shape index (κ3) is 4.16. The summed E-state index contributed by atoms with van der Waals surface area (Å²) >= 11 is 0. The molecule has 1 aliphatic heterocycles. The largest absolute Gasteiger partial charge is 0.493 e. The molecule has 0 spiro atoms. The van der Waals surface area contributed by atoms with Crippen LogP contribution in [-0.2, 0) is 17.6 Å². The number of methoxy groups -OCH3 is 1. The van der Waals surface area contributed by atoms with Crippen LogP contribution in [0.25, 0.3) is 0 Å². The highest BCUT2D eigenvalue weighted by Crippen LogP contribution is 2.40. The average Bonchev–Trinajstić information content (AvgIpc) is 3.24. The zero-order chi connectivity index (χ0) is 22.9. The summed E-state index contributed by atoms with van der Waals surface area (Å²) in [5.74, 6) is 0.595. The SMILES string of the molecule is COc1cc(C2CC(=O)Nc3n[nH]cc32)ccc1OCc1ccc(C=O)cc1C(F)(F)F. The van der Waals surface area contributed by atoms with Gasteiger partial charge in [0.15, 0.2) is 17.3 Å². The summed E-state index contributed by atoms with van der Waals surface area (Å²) in [4.78, 5) is 22.9. The summed E-state index contributed by atoms with van der Waals surface area (Å²) in [6.45, 7) is -0.374. The van der Waals surface area contributed by atoms with E-state index in [9.17, 15) is 22.8 Å². The van der Waals surface area contributed by atoms with Crippen molar-refractivity contribution in [2.75, 3.05) is 12.4 Å². The molecule has 0 fully saturated rings. The molecule has 3 aromatic rings. The number of aromatic amines is 1. The lowest BCUT2D eigenvalue weighted by Crippen LogP contribution is -2.23. The van der Waals surface area contributed by atoms with E-state index >= 15 is 0 Å². The number of H-pyrrole nitrogens is 1. The van der Waals surface area contributed by atoms with Crippen molar-refractivity contribution < 1.29 is 32.2 Å². The molecule has 1 aliphatic rings. The Morgan fingerprint density at radius 2 is 2.00 bits per heavy atom. The topological polar surface area (TPSA) is 93.3 Å². The van der Waals surface area contributed by atoms with Crippen LogP contribution in [0.3, 0.4) is 0 Å². The highest BCUT2D eigenvalue weighted by Gasteiger charge is 2.34. The quantitative estimate of drug-likeness (QED) is 0.552. The zero-order valence-electron chi connectivity index (χ0n) is 16.8. The molecule has 0 bridgehead atoms. The van der Waals surface area contributed by atoms with Crippen molar-refractivity contribution in [3.05, 3.63) is 70.4 Å². The predicted molar refractivity (Wildman–Crippen MR) is 108 cm³/mol. The number of anilines is 1. The molecular weight excluding hydrogens is 427 g/mol. The van der Waals surface area contributed by atoms with Crippen molar-refractivity contribution >= 4 is 18.0 Å². The predicted octanol–water partition coefficient (Wildman–Crippen LogP) is 4.30. The van der Waals surface area contributed by atoms with Gasteiger partial charge in [0.05, 0.1) is 12.7 Å². The first-order valence-electron chi connectivity index (χ1n) is 9.59. The van der Waals surface area contributed by atoms with E-state index in [0.717, 1.165) is 17.2 Å². The van der Waals surface area contributed by atoms with Gasteiger partial charge in [-0.3, -0.25) is 14.7 Å². The number of halogens is 3. The van der Waals surface area contributed by atoms with Crippen LogP contribution in [0.5, 0.6) is 11.5 Å². The molecule has 1 unspecified atom stereocenters. The fraction of sp³-hybridized carbons (Fsp3) is 0.227. The van der Waals surface area contributed by atoms with Gasteiger partial charge in [0.2, 0.25) is 5.91 Å². The van der Waals surface area contributed by atoms with Crippen LogP contribution in [0.2, 0.25) is 0 Å². The van der Waals surface area contributed by atoms with Gasteiger partial charge < -0.3 is 14.8 Å². The lowest BCUT2D eigenvalue weighted by Gasteiger charge is -2.23. The molecule has 0 saturated carbocycles. The summed E-state index contributed by atoms with van der Waals surface area (Å²) in [6, 6.07) is 8.33. The van der Waals surface area contributed by atoms with Gasteiger partial charge >= 0.3 is 6.18 Å². The van der Waals surface area contributed by atoms with Crippen molar-refractivity contribution in [1.29, 1.82) is 0 Å². The number of ether oxygens (including phenoxy) is 2. The molecule has 1 atom stereocenters. The van der Waals surface area contributed by atoms with E-state index in [4.69, 9.17) is 9.47 Å². The molecule has 2 aromatic carbocycles. The van der Waals surface area contributed by atoms with E-state index in [0.29, 0.717) is 17.9 Å². The van der Waals surface area contributed by atoms with E-state index in [-0.39, 0.29) is 41.7 Å². The molecule has 1 amide bonds. The Bertz CT molecular complexity index is 1170. The molecule has 10 heteroatoms. The first kappa shape index (κ1) is 21.4. The molecular formula is C22H18F3N3O4. The maximum absolute atomic E-state index is 13.4. The van der Waals surface area contributed by atoms with Crippen molar-refractivity contribution in [1.82, 2.24) is 10.2 Å². The van der Waals surface area contributed by atoms with Gasteiger partial charge in [-0.05, 0) is 23.8 Å². The lowest BCUT2D eigenvalue weighted by molar-refractivity contribution is -0.138. The Balaban J connectivity index is 1.59. The summed E-state index contributed by atoms with van der Waals surface area (Å²) in [5.41, 5.74) is 0.487. The van der Waals surface area contributed by atoms with Crippen molar-refractivity contribution in [2.24, 2.45) is 0 Å². The van der Waals surface area contributed by atoms with Crippen molar-refractivity contribution in [3.63, 3.8) is 0 Å². The van der Waals surface area contributed by atoms with Gasteiger partial charge in [-0.25, -0.2) is 0 Å². The second-order valence-corrected chi connectivity index (χ2v) is 7.23. The number of aldehydes is 1. The molecule has 2 heterocycles. The van der Waals surface area contributed by atoms with Gasteiger partial charge in [0.1, 0.15) is 12.9 Å². The molecule has 0 aliphatic carbocycles. The van der Waals surface area contributed by atoms with Crippen LogP contribution in [-0.4, -0.2) is 29.5 Å². The number of amides is 1. The monoisotopic (exact) mass is 445 g/mol. The summed E-state index contributed by atoms with van der Waals surface area (Å²) in [5, 5.41) is 9.44. The Morgan fingerprint density at radius 1 is 1.19 bits per heavy atom. The number of carbonyl (C=O) groups is 2. The van der Waals surface area contributed by atoms with Crippen molar-refractivity contribution in [3.8, 4) is 11.5 Å². The second-order valence-electron chi connectivity index (χ2n) is 7.23. The third-order valence-corrected chi connectivity index (χ3v) is 5.24. The Labute approximate surface area is 180 Å². The number of aromatic nitrogens is 2. The third-order valence-electron chi connectivity index (χ3n) is 5.24. The number of rotatable bonds is 6. The maximum Gasteiger partial charge on any atom is 0.416 e. The second kappa shape index (κ2) is 8.37. The standard InChI is InChI=1S/C22H18F3N3O4/c1-31-19-7-13(15-8-20(30)27-21-16(15)9-26-28-21)4-5-18(19)32-11-14-3-2-12(10-29)6-17(14)22(23,24)25/h2-7,9-10,15H,8,11H2,1H3,(H2,26,27,28,30). The molecule has 0 saturated heterocycles. The number of hydrogen-bond acceptors (Lipinski definition) is 5. The number of nitrogens with one attached hydrogen (secondary N) is 2. The number of benzene rings is 2. The minimum atomic E-state index is -4.63. The number of carbonyl (C=O) groups excluding carboxylic acids is 2. The van der Waals surface area contributed by atoms with Gasteiger partial charge in [-0.1, -0.05) is 18.2 Å². The molecule has 4 rings (SSSR count). The van der Waals surface area contributed by atoms with E-state index in [1.807, 2.05) is 0 Å². The first-order chi connectivity index (χ1) is 15.3. The number of nitrogens with zero attached hydrogens (tertiary/aromatic N) is 1. The lowest BCUT2D eigenvalue weighted by atomic mass is 9.87. The van der Waals surface area contributed by atoms with E-state index in [1.54, 1.807) is 24.4 Å². The van der Waals surface area contributed by atoms with Crippen LogP contribution in [0.1, 0.15) is 45.0 Å². The Hall–Kier alpha value is -3.82. The highest BCUT2D eigenvalue weighted by atomic mass is 19.4. The van der Waals surface area contributed by atoms with Crippen LogP contribution < -0.4 is 14.8 Å². The van der Waals surface area contributed by atoms with Gasteiger partial charge in [-0.15, -0.1) is 0 Å². The number of fused-ring (bicyclic) bond motifs is 1. The molecule has 2 N–H and O–H groups in total. The summed E-state index contributed by atoms with van der Waals surface area (Å²) in [6.07, 6.45) is -2.35. The van der Waals surface area contributed by atoms with Crippen LogP contribution >= 0.6 is 0 Å². The number of alkyl halides is 3. The Kier molecular flexibility index (Phi) is 5.60. The van der Waals surface area contributed by atoms with Gasteiger partial charge in [-0.2, -0.15) is 18.3 Å². The van der Waals surface area contributed by atoms with Crippen LogP contribution in [0.4, 0.5) is 19.0 Å². The van der Waals surface area contributed by atoms with Crippen LogP contribution in [0, 0.1) is 0 Å². The summed E-state index contributed by atoms with van der Waals surface area (Å²) < 4.78 is 51.2. The molecule has 0 radical (unpaired) electrons. The van der Waals surface area contributed by atoms with Crippen molar-refractivity contribution in [2.45, 2.75) is 25.1 Å². The van der Waals surface area contributed by atoms with E-state index in [2.05, 4.69) is 15.5 Å². The van der Waals surface area contributed by atoms with E-state index < -0.39 is 11.7 Å². The highest BCUT2D eigenvalue weighted by molar-refractivity contribution is 5.94. The first-order valence-corrected chi connectivity index (χ1v) is 9.59. The molecule has 7 nitrogen and oxygen atoms in total. The smallest absolute Gasteiger partial charge is 0.416 e. The van der Waals surface area contributed by atoms with Gasteiger partial charge in [0.25, 0.3) is 0 Å². The Morgan fingerprint density at radius 3 is 2.72 bits per heavy atom. The fourth-order valence-electron chi connectivity index (χ4n) is 3.67. The number of hydrogen-bond donors (Lipinski definition) is 2. The zero-order valence-corrected chi connectivity index (χ0v) is 16.8. The molecule has 166 valence electrons. The van der Waals surface area contributed by atoms with E-state index in [1.165, 1.54) is 19.2 Å².